The van der Waals surface area contributed by atoms with Gasteiger partial charge in [0.15, 0.2) is 0 Å². The highest BCUT2D eigenvalue weighted by Gasteiger charge is 2.49. The molecule has 1 aromatic rings. The minimum absolute atomic E-state index is 0.0615. The largest absolute Gasteiger partial charge is 0.477 e. The molecule has 0 radical (unpaired) electrons. The summed E-state index contributed by atoms with van der Waals surface area (Å²) in [5, 5.41) is 10.2. The van der Waals surface area contributed by atoms with E-state index in [4.69, 9.17) is 5.11 Å². The SMILES string of the molecule is O=C(O)C1=CS[C@@H]2/C(=C\c3ccns3)C(=O)N12. The van der Waals surface area contributed by atoms with Crippen LogP contribution in [0.15, 0.2) is 28.9 Å². The van der Waals surface area contributed by atoms with Crippen LogP contribution < -0.4 is 0 Å². The number of carbonyl (C=O) groups excluding carboxylic acids is 1. The van der Waals surface area contributed by atoms with Crippen molar-refractivity contribution in [2.45, 2.75) is 5.37 Å². The highest BCUT2D eigenvalue weighted by molar-refractivity contribution is 8.03. The number of rotatable bonds is 2. The molecule has 3 heterocycles. The van der Waals surface area contributed by atoms with Crippen molar-refractivity contribution >= 4 is 41.2 Å². The van der Waals surface area contributed by atoms with Crippen molar-refractivity contribution in [3.8, 4) is 0 Å². The lowest BCUT2D eigenvalue weighted by molar-refractivity contribution is -0.141. The van der Waals surface area contributed by atoms with Gasteiger partial charge in [0, 0.05) is 16.5 Å². The highest BCUT2D eigenvalue weighted by Crippen LogP contribution is 2.45. The summed E-state index contributed by atoms with van der Waals surface area (Å²) in [4.78, 5) is 24.9. The molecule has 1 aromatic heterocycles. The van der Waals surface area contributed by atoms with E-state index in [1.54, 1.807) is 12.3 Å². The van der Waals surface area contributed by atoms with Gasteiger partial charge < -0.3 is 5.11 Å². The van der Waals surface area contributed by atoms with Gasteiger partial charge in [-0.3, -0.25) is 9.69 Å². The molecule has 2 aliphatic heterocycles. The first-order valence-electron chi connectivity index (χ1n) is 4.73. The number of aromatic nitrogens is 1. The van der Waals surface area contributed by atoms with Crippen molar-refractivity contribution in [3.63, 3.8) is 0 Å². The molecule has 3 rings (SSSR count). The number of carboxylic acids is 1. The zero-order valence-electron chi connectivity index (χ0n) is 8.36. The van der Waals surface area contributed by atoms with Crippen molar-refractivity contribution in [3.05, 3.63) is 33.8 Å². The van der Waals surface area contributed by atoms with Gasteiger partial charge in [0.2, 0.25) is 0 Å². The highest BCUT2D eigenvalue weighted by atomic mass is 32.2. The van der Waals surface area contributed by atoms with Crippen LogP contribution in [0.2, 0.25) is 0 Å². The van der Waals surface area contributed by atoms with Gasteiger partial charge in [-0.1, -0.05) is 0 Å². The molecule has 0 spiro atoms. The molecule has 5 nitrogen and oxygen atoms in total. The number of β-lactam (4-membered cyclic amide) rings is 1. The Morgan fingerprint density at radius 2 is 2.41 bits per heavy atom. The second-order valence-electron chi connectivity index (χ2n) is 3.49. The lowest BCUT2D eigenvalue weighted by Gasteiger charge is -2.37. The summed E-state index contributed by atoms with van der Waals surface area (Å²) in [7, 11) is 0. The second kappa shape index (κ2) is 3.71. The van der Waals surface area contributed by atoms with Gasteiger partial charge in [-0.2, -0.15) is 0 Å². The predicted molar refractivity (Wildman–Crippen MR) is 64.0 cm³/mol. The summed E-state index contributed by atoms with van der Waals surface area (Å²) in [6, 6.07) is 1.82. The Bertz CT molecular complexity index is 562. The summed E-state index contributed by atoms with van der Waals surface area (Å²) >= 11 is 2.64. The Kier molecular flexibility index (Phi) is 2.30. The van der Waals surface area contributed by atoms with Gasteiger partial charge >= 0.3 is 5.97 Å². The van der Waals surface area contributed by atoms with Crippen molar-refractivity contribution in [1.82, 2.24) is 9.27 Å². The lowest BCUT2D eigenvalue weighted by atomic mass is 10.0. The summed E-state index contributed by atoms with van der Waals surface area (Å²) in [6.45, 7) is 0. The zero-order valence-corrected chi connectivity index (χ0v) is 9.99. The second-order valence-corrected chi connectivity index (χ2v) is 5.31. The number of carbonyl (C=O) groups is 2. The van der Waals surface area contributed by atoms with Crippen LogP contribution in [-0.4, -0.2) is 31.6 Å². The summed E-state index contributed by atoms with van der Waals surface area (Å²) in [5.41, 5.74) is 0.693. The van der Waals surface area contributed by atoms with Crippen LogP contribution in [0.3, 0.4) is 0 Å². The number of nitrogens with zero attached hydrogens (tertiary/aromatic N) is 2. The predicted octanol–water partition coefficient (Wildman–Crippen LogP) is 1.37. The third-order valence-electron chi connectivity index (χ3n) is 2.51. The van der Waals surface area contributed by atoms with Crippen LogP contribution in [0.1, 0.15) is 4.88 Å². The van der Waals surface area contributed by atoms with Gasteiger partial charge in [0.25, 0.3) is 5.91 Å². The third-order valence-corrected chi connectivity index (χ3v) is 4.28. The maximum Gasteiger partial charge on any atom is 0.353 e. The molecular formula is C10H6N2O3S2. The average Bonchev–Trinajstić information content (AvgIpc) is 2.93. The molecule has 1 N–H and O–H groups in total. The average molecular weight is 266 g/mol. The van der Waals surface area contributed by atoms with Gasteiger partial charge in [-0.05, 0) is 23.7 Å². The van der Waals surface area contributed by atoms with Gasteiger partial charge in [0.05, 0.1) is 5.57 Å². The standard InChI is InChI=1S/C10H6N2O3S2/c13-8-6(3-5-1-2-11-17-5)9-12(8)7(4-16-9)10(14)15/h1-4,9H,(H,14,15)/b6-3-/t9-/m1/s1. The Labute approximate surface area is 105 Å². The van der Waals surface area contributed by atoms with Crippen LogP contribution >= 0.6 is 23.3 Å². The topological polar surface area (TPSA) is 70.5 Å². The Morgan fingerprint density at radius 3 is 3.06 bits per heavy atom. The quantitative estimate of drug-likeness (QED) is 0.646. The molecule has 0 saturated carbocycles. The molecule has 1 saturated heterocycles. The maximum atomic E-state index is 11.8. The fourth-order valence-corrected chi connectivity index (χ4v) is 3.38. The minimum Gasteiger partial charge on any atom is -0.477 e. The van der Waals surface area contributed by atoms with Gasteiger partial charge in [0.1, 0.15) is 11.1 Å². The molecule has 0 bridgehead atoms. The first-order valence-corrected chi connectivity index (χ1v) is 6.45. The van der Waals surface area contributed by atoms with E-state index in [9.17, 15) is 9.59 Å². The number of aliphatic carboxylic acids is 1. The maximum absolute atomic E-state index is 11.8. The van der Waals surface area contributed by atoms with Crippen molar-refractivity contribution in [2.75, 3.05) is 0 Å². The summed E-state index contributed by atoms with van der Waals surface area (Å²) in [5.74, 6) is -1.30. The number of hydrogen-bond acceptors (Lipinski definition) is 5. The number of fused-ring (bicyclic) bond motifs is 1. The smallest absolute Gasteiger partial charge is 0.353 e. The lowest BCUT2D eigenvalue weighted by Crippen LogP contribution is -2.51. The van der Waals surface area contributed by atoms with Crippen molar-refractivity contribution in [1.29, 1.82) is 0 Å². The monoisotopic (exact) mass is 266 g/mol. The van der Waals surface area contributed by atoms with Gasteiger partial charge in [-0.15, -0.1) is 11.8 Å². The van der Waals surface area contributed by atoms with Crippen LogP contribution in [0.4, 0.5) is 0 Å². The van der Waals surface area contributed by atoms with E-state index >= 15 is 0 Å². The van der Waals surface area contributed by atoms with E-state index < -0.39 is 5.97 Å². The molecule has 0 aromatic carbocycles. The molecule has 0 unspecified atom stereocenters. The molecular weight excluding hydrogens is 260 g/mol. The molecule has 1 fully saturated rings. The molecule has 7 heteroatoms. The van der Waals surface area contributed by atoms with E-state index in [2.05, 4.69) is 4.37 Å². The number of amides is 1. The van der Waals surface area contributed by atoms with E-state index in [-0.39, 0.29) is 17.0 Å². The van der Waals surface area contributed by atoms with Crippen LogP contribution in [-0.2, 0) is 9.59 Å². The van der Waals surface area contributed by atoms with E-state index in [0.717, 1.165) is 4.88 Å². The third kappa shape index (κ3) is 1.50. The fourth-order valence-electron chi connectivity index (χ4n) is 1.72. The molecule has 1 atom stereocenters. The van der Waals surface area contributed by atoms with Crippen LogP contribution in [0, 0.1) is 0 Å². The molecule has 0 aliphatic carbocycles. The number of carboxylic acid groups (broad SMARTS) is 1. The van der Waals surface area contributed by atoms with Crippen molar-refractivity contribution < 1.29 is 14.7 Å². The Balaban J connectivity index is 1.87. The minimum atomic E-state index is -1.06. The summed E-state index contributed by atoms with van der Waals surface area (Å²) < 4.78 is 3.95. The molecule has 17 heavy (non-hydrogen) atoms. The van der Waals surface area contributed by atoms with E-state index in [1.165, 1.54) is 33.6 Å². The van der Waals surface area contributed by atoms with Crippen LogP contribution in [0.25, 0.3) is 6.08 Å². The van der Waals surface area contributed by atoms with Crippen LogP contribution in [0.5, 0.6) is 0 Å². The Morgan fingerprint density at radius 1 is 1.59 bits per heavy atom. The van der Waals surface area contributed by atoms with E-state index in [0.29, 0.717) is 5.57 Å². The molecule has 1 amide bonds. The Hall–Kier alpha value is -1.60. The number of thioether (sulfide) groups is 1. The zero-order chi connectivity index (χ0) is 12.0. The first kappa shape index (κ1) is 10.5. The number of hydrogen-bond donors (Lipinski definition) is 1. The molecule has 2 aliphatic rings. The van der Waals surface area contributed by atoms with E-state index in [1.807, 2.05) is 6.07 Å². The fraction of sp³-hybridized carbons (Fsp3) is 0.100. The summed E-state index contributed by atoms with van der Waals surface area (Å²) in [6.07, 6.45) is 3.44. The van der Waals surface area contributed by atoms with Gasteiger partial charge in [-0.25, -0.2) is 9.17 Å². The molecule has 86 valence electrons. The normalized spacial score (nSPS) is 24.6. The van der Waals surface area contributed by atoms with Crippen molar-refractivity contribution in [2.24, 2.45) is 0 Å². The first-order chi connectivity index (χ1) is 8.18.